The molecule has 0 spiro atoms. The summed E-state index contributed by atoms with van der Waals surface area (Å²) < 4.78 is 19.8. The third kappa shape index (κ3) is 4.46. The molecular weight excluding hydrogens is 359 g/mol. The Morgan fingerprint density at radius 2 is 2.08 bits per heavy atom. The maximum absolute atomic E-state index is 13.3. The molecule has 0 saturated carbocycles. The highest BCUT2D eigenvalue weighted by molar-refractivity contribution is 7.98. The summed E-state index contributed by atoms with van der Waals surface area (Å²) in [6, 6.07) is 4.40. The SMILES string of the molecule is CSc1ccc(C(=O)NC(C)(CNC(=O)c2cc(F)n(C)n2)C(C)C)o1. The van der Waals surface area contributed by atoms with E-state index in [1.807, 2.05) is 27.0 Å². The summed E-state index contributed by atoms with van der Waals surface area (Å²) >= 11 is 1.40. The largest absolute Gasteiger partial charge is 0.445 e. The summed E-state index contributed by atoms with van der Waals surface area (Å²) in [7, 11) is 1.41. The van der Waals surface area contributed by atoms with Gasteiger partial charge in [0.15, 0.2) is 16.5 Å². The van der Waals surface area contributed by atoms with Crippen molar-refractivity contribution < 1.29 is 18.4 Å². The monoisotopic (exact) mass is 382 g/mol. The normalized spacial score (nSPS) is 13.5. The molecular formula is C17H23FN4O3S. The van der Waals surface area contributed by atoms with Crippen LogP contribution in [0, 0.1) is 11.9 Å². The van der Waals surface area contributed by atoms with Gasteiger partial charge in [-0.1, -0.05) is 25.6 Å². The first-order valence-corrected chi connectivity index (χ1v) is 9.33. The summed E-state index contributed by atoms with van der Waals surface area (Å²) in [6.07, 6.45) is 1.86. The number of amides is 2. The number of aryl methyl sites for hydroxylation is 1. The van der Waals surface area contributed by atoms with Gasteiger partial charge in [-0.2, -0.15) is 9.49 Å². The van der Waals surface area contributed by atoms with Crippen LogP contribution in [0.2, 0.25) is 0 Å². The number of nitrogens with one attached hydrogen (secondary N) is 2. The highest BCUT2D eigenvalue weighted by atomic mass is 32.2. The summed E-state index contributed by atoms with van der Waals surface area (Å²) in [6.45, 7) is 5.85. The van der Waals surface area contributed by atoms with Crippen molar-refractivity contribution in [3.63, 3.8) is 0 Å². The number of thioether (sulfide) groups is 1. The summed E-state index contributed by atoms with van der Waals surface area (Å²) in [5.74, 6) is -1.24. The van der Waals surface area contributed by atoms with E-state index in [4.69, 9.17) is 4.42 Å². The highest BCUT2D eigenvalue weighted by Crippen LogP contribution is 2.20. The number of halogens is 1. The molecule has 2 aromatic rings. The van der Waals surface area contributed by atoms with Crippen molar-refractivity contribution in [2.24, 2.45) is 13.0 Å². The Balaban J connectivity index is 2.06. The Labute approximate surface area is 155 Å². The van der Waals surface area contributed by atoms with E-state index in [1.165, 1.54) is 18.8 Å². The Hall–Kier alpha value is -2.29. The Morgan fingerprint density at radius 3 is 2.58 bits per heavy atom. The number of carbonyl (C=O) groups is 2. The van der Waals surface area contributed by atoms with Crippen LogP contribution < -0.4 is 10.6 Å². The zero-order valence-electron chi connectivity index (χ0n) is 15.4. The lowest BCUT2D eigenvalue weighted by molar-refractivity contribution is 0.0816. The lowest BCUT2D eigenvalue weighted by atomic mass is 9.88. The molecule has 0 aliphatic rings. The maximum Gasteiger partial charge on any atom is 0.287 e. The Bertz CT molecular complexity index is 782. The highest BCUT2D eigenvalue weighted by Gasteiger charge is 2.32. The van der Waals surface area contributed by atoms with E-state index in [1.54, 1.807) is 12.1 Å². The molecule has 2 N–H and O–H groups in total. The molecule has 7 nitrogen and oxygen atoms in total. The van der Waals surface area contributed by atoms with Crippen LogP contribution in [0.1, 0.15) is 41.8 Å². The van der Waals surface area contributed by atoms with Gasteiger partial charge in [-0.3, -0.25) is 9.59 Å². The predicted octanol–water partition coefficient (Wildman–Crippen LogP) is 2.45. The number of hydrogen-bond acceptors (Lipinski definition) is 5. The third-order valence-electron chi connectivity index (χ3n) is 4.35. The Morgan fingerprint density at radius 1 is 1.38 bits per heavy atom. The molecule has 2 rings (SSSR count). The van der Waals surface area contributed by atoms with Crippen molar-refractivity contribution >= 4 is 23.6 Å². The molecule has 2 aromatic heterocycles. The van der Waals surface area contributed by atoms with Crippen LogP contribution in [0.5, 0.6) is 0 Å². The zero-order valence-corrected chi connectivity index (χ0v) is 16.2. The molecule has 1 unspecified atom stereocenters. The van der Waals surface area contributed by atoms with Gasteiger partial charge < -0.3 is 15.1 Å². The number of furan rings is 1. The summed E-state index contributed by atoms with van der Waals surface area (Å²) in [4.78, 5) is 24.7. The van der Waals surface area contributed by atoms with E-state index in [9.17, 15) is 14.0 Å². The van der Waals surface area contributed by atoms with Crippen molar-refractivity contribution in [2.75, 3.05) is 12.8 Å². The summed E-state index contributed by atoms with van der Waals surface area (Å²) in [5.41, 5.74) is -0.745. The van der Waals surface area contributed by atoms with Gasteiger partial charge in [-0.15, -0.1) is 0 Å². The average Bonchev–Trinajstić information content (AvgIpc) is 3.19. The zero-order chi connectivity index (χ0) is 19.5. The van der Waals surface area contributed by atoms with Crippen molar-refractivity contribution in [3.8, 4) is 0 Å². The van der Waals surface area contributed by atoms with Gasteiger partial charge in [0.25, 0.3) is 11.8 Å². The van der Waals surface area contributed by atoms with Gasteiger partial charge in [0.05, 0.1) is 5.54 Å². The average molecular weight is 382 g/mol. The van der Waals surface area contributed by atoms with E-state index >= 15 is 0 Å². The lowest BCUT2D eigenvalue weighted by Crippen LogP contribution is -2.56. The van der Waals surface area contributed by atoms with Gasteiger partial charge in [-0.25, -0.2) is 4.68 Å². The first-order valence-electron chi connectivity index (χ1n) is 8.10. The number of aromatic nitrogens is 2. The molecule has 142 valence electrons. The topological polar surface area (TPSA) is 89.2 Å². The molecule has 0 bridgehead atoms. The number of carbonyl (C=O) groups excluding carboxylic acids is 2. The van der Waals surface area contributed by atoms with Crippen molar-refractivity contribution in [1.29, 1.82) is 0 Å². The van der Waals surface area contributed by atoms with Crippen LogP contribution >= 0.6 is 11.8 Å². The predicted molar refractivity (Wildman–Crippen MR) is 96.7 cm³/mol. The van der Waals surface area contributed by atoms with Crippen LogP contribution in [-0.2, 0) is 7.05 Å². The molecule has 2 heterocycles. The fourth-order valence-corrected chi connectivity index (χ4v) is 2.55. The molecule has 0 aromatic carbocycles. The second-order valence-electron chi connectivity index (χ2n) is 6.51. The molecule has 0 fully saturated rings. The fraction of sp³-hybridized carbons (Fsp3) is 0.471. The molecule has 0 aliphatic heterocycles. The van der Waals surface area contributed by atoms with Gasteiger partial charge in [-0.05, 0) is 31.2 Å². The second kappa shape index (κ2) is 7.94. The molecule has 2 amide bonds. The van der Waals surface area contributed by atoms with Crippen molar-refractivity contribution in [3.05, 3.63) is 35.6 Å². The van der Waals surface area contributed by atoms with Crippen LogP contribution in [0.15, 0.2) is 27.7 Å². The van der Waals surface area contributed by atoms with E-state index in [0.29, 0.717) is 5.09 Å². The van der Waals surface area contributed by atoms with Gasteiger partial charge >= 0.3 is 0 Å². The fourth-order valence-electron chi connectivity index (χ4n) is 2.18. The van der Waals surface area contributed by atoms with Crippen molar-refractivity contribution in [2.45, 2.75) is 31.4 Å². The molecule has 0 aliphatic carbocycles. The molecule has 9 heteroatoms. The van der Waals surface area contributed by atoms with E-state index in [2.05, 4.69) is 15.7 Å². The minimum atomic E-state index is -0.730. The van der Waals surface area contributed by atoms with Gasteiger partial charge in [0.2, 0.25) is 5.95 Å². The Kier molecular flexibility index (Phi) is 6.12. The van der Waals surface area contributed by atoms with E-state index < -0.39 is 17.4 Å². The van der Waals surface area contributed by atoms with Crippen LogP contribution in [0.25, 0.3) is 0 Å². The van der Waals surface area contributed by atoms with Gasteiger partial charge in [0, 0.05) is 19.7 Å². The van der Waals surface area contributed by atoms with E-state index in [-0.39, 0.29) is 29.8 Å². The number of nitrogens with zero attached hydrogens (tertiary/aromatic N) is 2. The van der Waals surface area contributed by atoms with Crippen LogP contribution in [0.4, 0.5) is 4.39 Å². The maximum atomic E-state index is 13.3. The second-order valence-corrected chi connectivity index (χ2v) is 7.32. The smallest absolute Gasteiger partial charge is 0.287 e. The number of rotatable bonds is 7. The van der Waals surface area contributed by atoms with Crippen LogP contribution in [0.3, 0.4) is 0 Å². The van der Waals surface area contributed by atoms with Crippen molar-refractivity contribution in [1.82, 2.24) is 20.4 Å². The molecule has 1 atom stereocenters. The summed E-state index contributed by atoms with van der Waals surface area (Å²) in [5, 5.41) is 10.1. The lowest BCUT2D eigenvalue weighted by Gasteiger charge is -2.34. The van der Waals surface area contributed by atoms with E-state index in [0.717, 1.165) is 10.7 Å². The van der Waals surface area contributed by atoms with Gasteiger partial charge in [0.1, 0.15) is 0 Å². The standard InChI is InChI=1S/C17H23FN4O3S/c1-10(2)17(3,20-16(24)12-6-7-14(25-12)26-5)9-19-15(23)11-8-13(18)22(4)21-11/h6-8,10H,9H2,1-5H3,(H,19,23)(H,20,24). The molecule has 26 heavy (non-hydrogen) atoms. The minimum absolute atomic E-state index is 0.0157. The first kappa shape index (κ1) is 20.0. The molecule has 0 radical (unpaired) electrons. The molecule has 0 saturated heterocycles. The quantitative estimate of drug-likeness (QED) is 0.718. The van der Waals surface area contributed by atoms with Crippen LogP contribution in [-0.4, -0.2) is 39.9 Å². The minimum Gasteiger partial charge on any atom is -0.445 e. The first-order chi connectivity index (χ1) is 12.2. The third-order valence-corrected chi connectivity index (χ3v) is 4.97. The number of hydrogen-bond donors (Lipinski definition) is 2.